The van der Waals surface area contributed by atoms with Gasteiger partial charge < -0.3 is 5.32 Å². The van der Waals surface area contributed by atoms with Crippen LogP contribution in [0.3, 0.4) is 0 Å². The van der Waals surface area contributed by atoms with Crippen LogP contribution in [0.4, 0.5) is 11.4 Å². The number of fused-ring (bicyclic) bond motifs is 1. The number of rotatable bonds is 4. The third kappa shape index (κ3) is 2.92. The molecule has 5 rings (SSSR count). The molecule has 3 aliphatic rings. The van der Waals surface area contributed by atoms with Gasteiger partial charge in [0.2, 0.25) is 0 Å². The normalized spacial score (nSPS) is 24.3. The molecule has 0 heterocycles. The van der Waals surface area contributed by atoms with E-state index in [9.17, 15) is 0 Å². The molecular formula is C22H22N2. The number of hydrogen-bond donors (Lipinski definition) is 1. The van der Waals surface area contributed by atoms with E-state index in [4.69, 9.17) is 0 Å². The first-order chi connectivity index (χ1) is 11.8. The Morgan fingerprint density at radius 3 is 2.29 bits per heavy atom. The molecular weight excluding hydrogens is 292 g/mol. The molecule has 2 bridgehead atoms. The van der Waals surface area contributed by atoms with Gasteiger partial charge in [-0.3, -0.25) is 4.99 Å². The molecule has 0 atom stereocenters. The SMILES string of the molecule is CC1=C(C=Nc2ccccc2)C2CC(C2)C1=CNc1ccccc1. The zero-order valence-electron chi connectivity index (χ0n) is 13.9. The molecule has 0 amide bonds. The second-order valence-electron chi connectivity index (χ2n) is 6.65. The number of aliphatic imine (C=N–C) groups is 1. The summed E-state index contributed by atoms with van der Waals surface area (Å²) in [5, 5.41) is 3.45. The highest BCUT2D eigenvalue weighted by molar-refractivity contribution is 5.85. The second kappa shape index (κ2) is 6.48. The van der Waals surface area contributed by atoms with E-state index in [0.717, 1.165) is 11.4 Å². The Bertz CT molecular complexity index is 794. The zero-order chi connectivity index (χ0) is 16.4. The molecule has 1 N–H and O–H groups in total. The highest BCUT2D eigenvalue weighted by atomic mass is 14.8. The van der Waals surface area contributed by atoms with Crippen LogP contribution >= 0.6 is 0 Å². The maximum Gasteiger partial charge on any atom is 0.0629 e. The van der Waals surface area contributed by atoms with Crippen LogP contribution in [-0.2, 0) is 0 Å². The summed E-state index contributed by atoms with van der Waals surface area (Å²) in [6, 6.07) is 20.5. The first-order valence-corrected chi connectivity index (χ1v) is 8.63. The summed E-state index contributed by atoms with van der Waals surface area (Å²) in [5.41, 5.74) is 6.40. The second-order valence-corrected chi connectivity index (χ2v) is 6.65. The van der Waals surface area contributed by atoms with Crippen molar-refractivity contribution in [3.05, 3.63) is 83.6 Å². The number of nitrogens with one attached hydrogen (secondary N) is 1. The molecule has 1 saturated carbocycles. The fourth-order valence-electron chi connectivity index (χ4n) is 3.69. The van der Waals surface area contributed by atoms with Gasteiger partial charge in [-0.2, -0.15) is 0 Å². The predicted octanol–water partition coefficient (Wildman–Crippen LogP) is 5.74. The van der Waals surface area contributed by atoms with E-state index in [-0.39, 0.29) is 0 Å². The van der Waals surface area contributed by atoms with Crippen LogP contribution in [0, 0.1) is 11.8 Å². The molecule has 24 heavy (non-hydrogen) atoms. The molecule has 3 aliphatic carbocycles. The summed E-state index contributed by atoms with van der Waals surface area (Å²) in [5.74, 6) is 1.40. The first kappa shape index (κ1) is 14.9. The van der Waals surface area contributed by atoms with Crippen molar-refractivity contribution in [1.82, 2.24) is 0 Å². The molecule has 1 fully saturated rings. The maximum absolute atomic E-state index is 4.68. The highest BCUT2D eigenvalue weighted by Crippen LogP contribution is 2.51. The molecule has 0 saturated heterocycles. The summed E-state index contributed by atoms with van der Waals surface area (Å²) >= 11 is 0. The minimum Gasteiger partial charge on any atom is -0.361 e. The Kier molecular flexibility index (Phi) is 4.04. The third-order valence-corrected chi connectivity index (χ3v) is 5.16. The Labute approximate surface area is 143 Å². The lowest BCUT2D eigenvalue weighted by Crippen LogP contribution is -2.34. The van der Waals surface area contributed by atoms with Gasteiger partial charge in [-0.15, -0.1) is 0 Å². The van der Waals surface area contributed by atoms with Gasteiger partial charge in [-0.05, 0) is 72.6 Å². The molecule has 2 aromatic rings. The van der Waals surface area contributed by atoms with Crippen LogP contribution in [0.5, 0.6) is 0 Å². The minimum atomic E-state index is 0.691. The Balaban J connectivity index is 1.58. The maximum atomic E-state index is 4.68. The van der Waals surface area contributed by atoms with Crippen molar-refractivity contribution in [2.75, 3.05) is 5.32 Å². The number of para-hydroxylation sites is 2. The van der Waals surface area contributed by atoms with Crippen molar-refractivity contribution in [2.24, 2.45) is 16.8 Å². The van der Waals surface area contributed by atoms with Crippen molar-refractivity contribution in [2.45, 2.75) is 19.8 Å². The van der Waals surface area contributed by atoms with Gasteiger partial charge in [0.05, 0.1) is 5.69 Å². The molecule has 0 spiro atoms. The average Bonchev–Trinajstić information content (AvgIpc) is 2.60. The van der Waals surface area contributed by atoms with Crippen LogP contribution in [0.25, 0.3) is 0 Å². The van der Waals surface area contributed by atoms with Gasteiger partial charge in [0, 0.05) is 18.1 Å². The van der Waals surface area contributed by atoms with Crippen LogP contribution in [0.15, 0.2) is 88.6 Å². The summed E-state index contributed by atoms with van der Waals surface area (Å²) in [6.45, 7) is 2.24. The molecule has 120 valence electrons. The first-order valence-electron chi connectivity index (χ1n) is 8.63. The molecule has 0 unspecified atom stereocenters. The third-order valence-electron chi connectivity index (χ3n) is 5.16. The summed E-state index contributed by atoms with van der Waals surface area (Å²) in [6.07, 6.45) is 6.80. The lowest BCUT2D eigenvalue weighted by molar-refractivity contribution is 0.259. The zero-order valence-corrected chi connectivity index (χ0v) is 13.9. The monoisotopic (exact) mass is 314 g/mol. The topological polar surface area (TPSA) is 24.4 Å². The smallest absolute Gasteiger partial charge is 0.0629 e. The van der Waals surface area contributed by atoms with Crippen molar-refractivity contribution >= 4 is 17.6 Å². The van der Waals surface area contributed by atoms with Gasteiger partial charge >= 0.3 is 0 Å². The van der Waals surface area contributed by atoms with Crippen molar-refractivity contribution in [3.63, 3.8) is 0 Å². The fraction of sp³-hybridized carbons (Fsp3) is 0.227. The van der Waals surface area contributed by atoms with Crippen molar-refractivity contribution in [1.29, 1.82) is 0 Å². The van der Waals surface area contributed by atoms with Crippen LogP contribution in [-0.4, -0.2) is 6.21 Å². The molecule has 0 aromatic heterocycles. The van der Waals surface area contributed by atoms with E-state index in [2.05, 4.69) is 53.9 Å². The van der Waals surface area contributed by atoms with Crippen molar-refractivity contribution < 1.29 is 0 Å². The standard InChI is InChI=1S/C22H22N2/c1-16-21(14-23-19-8-4-2-5-9-19)17-12-18(13-17)22(16)15-24-20-10-6-3-7-11-20/h2-11,14-15,17-18,23H,12-13H2,1H3. The molecule has 2 aromatic carbocycles. The minimum absolute atomic E-state index is 0.691. The number of allylic oxidation sites excluding steroid dienone is 3. The molecule has 0 radical (unpaired) electrons. The largest absolute Gasteiger partial charge is 0.361 e. The van der Waals surface area contributed by atoms with Crippen LogP contribution in [0.1, 0.15) is 19.8 Å². The summed E-state index contributed by atoms with van der Waals surface area (Å²) < 4.78 is 0. The van der Waals surface area contributed by atoms with E-state index in [1.165, 1.54) is 29.6 Å². The summed E-state index contributed by atoms with van der Waals surface area (Å²) in [7, 11) is 0. The lowest BCUT2D eigenvalue weighted by atomic mass is 9.60. The van der Waals surface area contributed by atoms with Gasteiger partial charge in [0.15, 0.2) is 0 Å². The Morgan fingerprint density at radius 1 is 0.917 bits per heavy atom. The van der Waals surface area contributed by atoms with E-state index in [0.29, 0.717) is 11.8 Å². The van der Waals surface area contributed by atoms with E-state index in [1.807, 2.05) is 36.4 Å². The van der Waals surface area contributed by atoms with Gasteiger partial charge in [0.1, 0.15) is 0 Å². The van der Waals surface area contributed by atoms with Crippen LogP contribution < -0.4 is 5.32 Å². The lowest BCUT2D eigenvalue weighted by Gasteiger charge is -2.44. The fourth-order valence-corrected chi connectivity index (χ4v) is 3.69. The highest BCUT2D eigenvalue weighted by Gasteiger charge is 2.40. The molecule has 0 aliphatic heterocycles. The molecule has 2 nitrogen and oxygen atoms in total. The van der Waals surface area contributed by atoms with E-state index in [1.54, 1.807) is 0 Å². The Hall–Kier alpha value is -2.61. The van der Waals surface area contributed by atoms with E-state index >= 15 is 0 Å². The molecule has 2 heteroatoms. The number of anilines is 1. The van der Waals surface area contributed by atoms with Gasteiger partial charge in [-0.25, -0.2) is 0 Å². The van der Waals surface area contributed by atoms with E-state index < -0.39 is 0 Å². The summed E-state index contributed by atoms with van der Waals surface area (Å²) in [4.78, 5) is 4.68. The number of hydrogen-bond acceptors (Lipinski definition) is 2. The van der Waals surface area contributed by atoms with Gasteiger partial charge in [-0.1, -0.05) is 36.4 Å². The predicted molar refractivity (Wildman–Crippen MR) is 102 cm³/mol. The number of nitrogens with zero attached hydrogens (tertiary/aromatic N) is 1. The van der Waals surface area contributed by atoms with Gasteiger partial charge in [0.25, 0.3) is 0 Å². The Morgan fingerprint density at radius 2 is 1.58 bits per heavy atom. The van der Waals surface area contributed by atoms with Crippen LogP contribution in [0.2, 0.25) is 0 Å². The average molecular weight is 314 g/mol. The van der Waals surface area contributed by atoms with Crippen molar-refractivity contribution in [3.8, 4) is 0 Å². The number of benzene rings is 2. The quantitative estimate of drug-likeness (QED) is 0.715.